The SMILES string of the molecule is CCC(=NNC(=O)c1ccn(Cc2ccc([N+](=O)[O-])cc2)n1)c1ccccc1. The van der Waals surface area contributed by atoms with Crippen molar-refractivity contribution in [2.45, 2.75) is 19.9 Å². The average Bonchev–Trinajstić information content (AvgIpc) is 3.18. The third-order valence-electron chi connectivity index (χ3n) is 4.10. The van der Waals surface area contributed by atoms with Crippen molar-refractivity contribution in [2.24, 2.45) is 5.10 Å². The molecule has 0 saturated carbocycles. The van der Waals surface area contributed by atoms with Crippen LogP contribution in [0.4, 0.5) is 5.69 Å². The fourth-order valence-corrected chi connectivity index (χ4v) is 2.63. The third kappa shape index (κ3) is 4.67. The van der Waals surface area contributed by atoms with Crippen molar-refractivity contribution in [2.75, 3.05) is 0 Å². The molecule has 3 rings (SSSR count). The lowest BCUT2D eigenvalue weighted by Gasteiger charge is -2.04. The van der Waals surface area contributed by atoms with E-state index in [4.69, 9.17) is 0 Å². The first-order chi connectivity index (χ1) is 13.6. The number of rotatable bonds is 7. The second kappa shape index (κ2) is 8.72. The van der Waals surface area contributed by atoms with E-state index >= 15 is 0 Å². The number of nitrogens with one attached hydrogen (secondary N) is 1. The van der Waals surface area contributed by atoms with Gasteiger partial charge in [-0.25, -0.2) is 5.43 Å². The first-order valence-corrected chi connectivity index (χ1v) is 8.76. The highest BCUT2D eigenvalue weighted by Crippen LogP contribution is 2.13. The zero-order valence-corrected chi connectivity index (χ0v) is 15.3. The van der Waals surface area contributed by atoms with Crippen LogP contribution in [0.25, 0.3) is 0 Å². The fraction of sp³-hybridized carbons (Fsp3) is 0.150. The summed E-state index contributed by atoms with van der Waals surface area (Å²) in [7, 11) is 0. The molecular weight excluding hydrogens is 358 g/mol. The second-order valence-electron chi connectivity index (χ2n) is 6.04. The molecule has 1 N–H and O–H groups in total. The van der Waals surface area contributed by atoms with Gasteiger partial charge < -0.3 is 0 Å². The zero-order valence-electron chi connectivity index (χ0n) is 15.3. The van der Waals surface area contributed by atoms with Gasteiger partial charge in [0.25, 0.3) is 11.6 Å². The molecule has 142 valence electrons. The molecule has 1 aromatic heterocycles. The van der Waals surface area contributed by atoms with E-state index in [0.29, 0.717) is 13.0 Å². The summed E-state index contributed by atoms with van der Waals surface area (Å²) in [4.78, 5) is 22.6. The lowest BCUT2D eigenvalue weighted by atomic mass is 10.1. The van der Waals surface area contributed by atoms with E-state index in [0.717, 1.165) is 16.8 Å². The Morgan fingerprint density at radius 3 is 2.50 bits per heavy atom. The highest BCUT2D eigenvalue weighted by Gasteiger charge is 2.10. The van der Waals surface area contributed by atoms with E-state index in [1.54, 1.807) is 29.1 Å². The van der Waals surface area contributed by atoms with Gasteiger partial charge >= 0.3 is 0 Å². The summed E-state index contributed by atoms with van der Waals surface area (Å²) in [5.41, 5.74) is 5.40. The Hall–Kier alpha value is -3.81. The van der Waals surface area contributed by atoms with Gasteiger partial charge in [-0.05, 0) is 23.6 Å². The lowest BCUT2D eigenvalue weighted by Crippen LogP contribution is -2.21. The molecule has 8 heteroatoms. The Balaban J connectivity index is 1.65. The summed E-state index contributed by atoms with van der Waals surface area (Å²) in [5, 5.41) is 19.2. The van der Waals surface area contributed by atoms with Gasteiger partial charge in [-0.3, -0.25) is 19.6 Å². The molecule has 1 heterocycles. The minimum Gasteiger partial charge on any atom is -0.268 e. The van der Waals surface area contributed by atoms with Crippen molar-refractivity contribution >= 4 is 17.3 Å². The summed E-state index contributed by atoms with van der Waals surface area (Å²) in [5.74, 6) is -0.399. The average molecular weight is 377 g/mol. The standard InChI is InChI=1S/C20H19N5O3/c1-2-18(16-6-4-3-5-7-16)21-22-20(26)19-12-13-24(23-19)14-15-8-10-17(11-9-15)25(27)28/h3-13H,2,14H2,1H3,(H,22,26). The number of aromatic nitrogens is 2. The predicted molar refractivity (Wildman–Crippen MR) is 105 cm³/mol. The number of nitro benzene ring substituents is 1. The second-order valence-corrected chi connectivity index (χ2v) is 6.04. The van der Waals surface area contributed by atoms with Crippen molar-refractivity contribution in [1.82, 2.24) is 15.2 Å². The summed E-state index contributed by atoms with van der Waals surface area (Å²) in [6.07, 6.45) is 2.36. The quantitative estimate of drug-likeness (QED) is 0.387. The molecule has 8 nitrogen and oxygen atoms in total. The van der Waals surface area contributed by atoms with Gasteiger partial charge in [0.2, 0.25) is 0 Å². The van der Waals surface area contributed by atoms with Gasteiger partial charge in [0.15, 0.2) is 5.69 Å². The van der Waals surface area contributed by atoms with E-state index in [1.807, 2.05) is 37.3 Å². The number of carbonyl (C=O) groups excluding carboxylic acids is 1. The van der Waals surface area contributed by atoms with Crippen LogP contribution in [0, 0.1) is 10.1 Å². The maximum Gasteiger partial charge on any atom is 0.291 e. The Kier molecular flexibility index (Phi) is 5.91. The number of non-ortho nitro benzene ring substituents is 1. The summed E-state index contributed by atoms with van der Waals surface area (Å²) >= 11 is 0. The van der Waals surface area contributed by atoms with Gasteiger partial charge in [0.05, 0.1) is 17.2 Å². The highest BCUT2D eigenvalue weighted by atomic mass is 16.6. The van der Waals surface area contributed by atoms with E-state index in [9.17, 15) is 14.9 Å². The van der Waals surface area contributed by atoms with E-state index < -0.39 is 10.8 Å². The van der Waals surface area contributed by atoms with Crippen LogP contribution in [0.1, 0.15) is 35.0 Å². The third-order valence-corrected chi connectivity index (χ3v) is 4.10. The predicted octanol–water partition coefficient (Wildman–Crippen LogP) is 3.38. The van der Waals surface area contributed by atoms with Crippen LogP contribution < -0.4 is 5.43 Å². The molecule has 0 aliphatic heterocycles. The number of amides is 1. The van der Waals surface area contributed by atoms with Crippen LogP contribution in [0.2, 0.25) is 0 Å². The number of nitro groups is 1. The van der Waals surface area contributed by atoms with Crippen molar-refractivity contribution in [1.29, 1.82) is 0 Å². The van der Waals surface area contributed by atoms with Crippen LogP contribution in [-0.4, -0.2) is 26.3 Å². The fourth-order valence-electron chi connectivity index (χ4n) is 2.63. The molecule has 0 saturated heterocycles. The first-order valence-electron chi connectivity index (χ1n) is 8.76. The minimum absolute atomic E-state index is 0.0345. The molecule has 0 unspecified atom stereocenters. The number of hydrogen-bond donors (Lipinski definition) is 1. The van der Waals surface area contributed by atoms with Crippen LogP contribution in [0.5, 0.6) is 0 Å². The summed E-state index contributed by atoms with van der Waals surface area (Å²) in [6.45, 7) is 2.37. The van der Waals surface area contributed by atoms with Crippen LogP contribution in [-0.2, 0) is 6.54 Å². The van der Waals surface area contributed by atoms with Crippen molar-refractivity contribution < 1.29 is 9.72 Å². The minimum atomic E-state index is -0.444. The molecule has 3 aromatic rings. The summed E-state index contributed by atoms with van der Waals surface area (Å²) in [6, 6.07) is 17.4. The molecule has 1 amide bonds. The number of hydrogen-bond acceptors (Lipinski definition) is 5. The molecule has 0 aliphatic carbocycles. The van der Waals surface area contributed by atoms with Crippen molar-refractivity contribution in [3.05, 3.63) is 93.8 Å². The van der Waals surface area contributed by atoms with Crippen LogP contribution in [0.3, 0.4) is 0 Å². The summed E-state index contributed by atoms with van der Waals surface area (Å²) < 4.78 is 1.59. The van der Waals surface area contributed by atoms with E-state index in [1.165, 1.54) is 12.1 Å². The maximum atomic E-state index is 12.3. The Labute approximate surface area is 161 Å². The molecule has 28 heavy (non-hydrogen) atoms. The molecule has 0 atom stereocenters. The number of hydrazone groups is 1. The van der Waals surface area contributed by atoms with Crippen molar-refractivity contribution in [3.8, 4) is 0 Å². The van der Waals surface area contributed by atoms with E-state index in [2.05, 4.69) is 15.6 Å². The largest absolute Gasteiger partial charge is 0.291 e. The Bertz CT molecular complexity index is 994. The molecule has 0 fully saturated rings. The number of nitrogens with zero attached hydrogens (tertiary/aromatic N) is 4. The monoisotopic (exact) mass is 377 g/mol. The van der Waals surface area contributed by atoms with Crippen LogP contribution >= 0.6 is 0 Å². The van der Waals surface area contributed by atoms with Gasteiger partial charge in [-0.1, -0.05) is 49.4 Å². The first kappa shape index (κ1) is 19.0. The molecule has 0 aliphatic rings. The lowest BCUT2D eigenvalue weighted by molar-refractivity contribution is -0.384. The van der Waals surface area contributed by atoms with E-state index in [-0.39, 0.29) is 11.4 Å². The molecule has 0 spiro atoms. The van der Waals surface area contributed by atoms with Gasteiger partial charge in [0, 0.05) is 18.3 Å². The normalized spacial score (nSPS) is 11.2. The maximum absolute atomic E-state index is 12.3. The molecule has 0 radical (unpaired) electrons. The van der Waals surface area contributed by atoms with Gasteiger partial charge in [-0.2, -0.15) is 10.2 Å². The molecule has 2 aromatic carbocycles. The number of carbonyl (C=O) groups is 1. The molecular formula is C20H19N5O3. The molecule has 0 bridgehead atoms. The van der Waals surface area contributed by atoms with Gasteiger partial charge in [0.1, 0.15) is 0 Å². The van der Waals surface area contributed by atoms with Crippen LogP contribution in [0.15, 0.2) is 72.0 Å². The highest BCUT2D eigenvalue weighted by molar-refractivity contribution is 6.01. The smallest absolute Gasteiger partial charge is 0.268 e. The zero-order chi connectivity index (χ0) is 19.9. The topological polar surface area (TPSA) is 102 Å². The Morgan fingerprint density at radius 1 is 1.14 bits per heavy atom. The van der Waals surface area contributed by atoms with Gasteiger partial charge in [-0.15, -0.1) is 0 Å². The van der Waals surface area contributed by atoms with Crippen molar-refractivity contribution in [3.63, 3.8) is 0 Å². The Morgan fingerprint density at radius 2 is 1.86 bits per heavy atom. The number of benzene rings is 2.